The normalized spacial score (nSPS) is 17.3. The molecule has 1 aliphatic heterocycles. The number of benzene rings is 1. The topological polar surface area (TPSA) is 55.6 Å². The molecule has 2 rings (SSSR count). The minimum absolute atomic E-state index is 0.229. The molecule has 0 radical (unpaired) electrons. The number of nitrogens with zero attached hydrogens (tertiary/aromatic N) is 1. The fourth-order valence-corrected chi connectivity index (χ4v) is 2.27. The number of nitrogens with two attached hydrogens (primary N) is 1. The minimum Gasteiger partial charge on any atom is -0.496 e. The van der Waals surface area contributed by atoms with E-state index < -0.39 is 0 Å². The first-order chi connectivity index (χ1) is 8.13. The van der Waals surface area contributed by atoms with Gasteiger partial charge < -0.3 is 10.5 Å². The van der Waals surface area contributed by atoms with Gasteiger partial charge in [-0.2, -0.15) is 0 Å². The van der Waals surface area contributed by atoms with Crippen molar-refractivity contribution >= 4 is 5.91 Å². The average Bonchev–Trinajstić information content (AvgIpc) is 2.36. The lowest BCUT2D eigenvalue weighted by molar-refractivity contribution is -0.123. The van der Waals surface area contributed by atoms with E-state index in [0.29, 0.717) is 0 Å². The minimum atomic E-state index is -0.275. The Bertz CT molecular complexity index is 417. The third kappa shape index (κ3) is 2.26. The zero-order valence-electron chi connectivity index (χ0n) is 10.3. The van der Waals surface area contributed by atoms with Crippen LogP contribution in [0.1, 0.15) is 18.1 Å². The van der Waals surface area contributed by atoms with Crippen LogP contribution in [0.25, 0.3) is 0 Å². The Morgan fingerprint density at radius 1 is 1.53 bits per heavy atom. The molecule has 17 heavy (non-hydrogen) atoms. The number of carbonyl (C=O) groups is 1. The summed E-state index contributed by atoms with van der Waals surface area (Å²) in [6, 6.07) is 5.85. The first-order valence-corrected chi connectivity index (χ1v) is 5.81. The van der Waals surface area contributed by atoms with Crippen LogP contribution in [0.2, 0.25) is 0 Å². The van der Waals surface area contributed by atoms with Crippen LogP contribution in [0, 0.1) is 0 Å². The highest BCUT2D eigenvalue weighted by atomic mass is 16.5. The number of rotatable bonds is 3. The van der Waals surface area contributed by atoms with Crippen LogP contribution in [0.3, 0.4) is 0 Å². The van der Waals surface area contributed by atoms with Crippen molar-refractivity contribution in [2.75, 3.05) is 13.7 Å². The molecule has 92 valence electrons. The Morgan fingerprint density at radius 2 is 2.29 bits per heavy atom. The van der Waals surface area contributed by atoms with Crippen molar-refractivity contribution in [3.63, 3.8) is 0 Å². The highest BCUT2D eigenvalue weighted by Crippen LogP contribution is 2.28. The van der Waals surface area contributed by atoms with Gasteiger partial charge in [0.15, 0.2) is 0 Å². The fraction of sp³-hybridized carbons (Fsp3) is 0.462. The van der Waals surface area contributed by atoms with E-state index in [4.69, 9.17) is 10.5 Å². The number of carbonyl (C=O) groups excluding carboxylic acids is 1. The molecule has 1 aliphatic rings. The summed E-state index contributed by atoms with van der Waals surface area (Å²) >= 11 is 0. The van der Waals surface area contributed by atoms with Gasteiger partial charge in [-0.3, -0.25) is 9.69 Å². The molecule has 4 nitrogen and oxygen atoms in total. The summed E-state index contributed by atoms with van der Waals surface area (Å²) in [5.41, 5.74) is 7.82. The predicted octanol–water partition coefficient (Wildman–Crippen LogP) is 0.927. The summed E-state index contributed by atoms with van der Waals surface area (Å²) in [4.78, 5) is 13.3. The van der Waals surface area contributed by atoms with Crippen LogP contribution in [0.4, 0.5) is 0 Å². The Morgan fingerprint density at radius 3 is 2.94 bits per heavy atom. The lowest BCUT2D eigenvalue weighted by atomic mass is 9.97. The molecule has 1 aromatic rings. The van der Waals surface area contributed by atoms with Crippen molar-refractivity contribution in [1.29, 1.82) is 0 Å². The number of primary amides is 1. The smallest absolute Gasteiger partial charge is 0.234 e. The molecule has 0 fully saturated rings. The van der Waals surface area contributed by atoms with E-state index in [1.807, 2.05) is 19.1 Å². The SMILES string of the molecule is COc1cccc2c1CN(C(C)C(N)=O)CC2. The van der Waals surface area contributed by atoms with Crippen molar-refractivity contribution in [3.05, 3.63) is 29.3 Å². The quantitative estimate of drug-likeness (QED) is 0.846. The van der Waals surface area contributed by atoms with Crippen molar-refractivity contribution in [1.82, 2.24) is 4.90 Å². The Labute approximate surface area is 101 Å². The predicted molar refractivity (Wildman–Crippen MR) is 65.8 cm³/mol. The molecule has 1 heterocycles. The maximum Gasteiger partial charge on any atom is 0.234 e. The van der Waals surface area contributed by atoms with Crippen LogP contribution in [-0.4, -0.2) is 30.5 Å². The van der Waals surface area contributed by atoms with Gasteiger partial charge in [-0.1, -0.05) is 12.1 Å². The van der Waals surface area contributed by atoms with Gasteiger partial charge >= 0.3 is 0 Å². The highest BCUT2D eigenvalue weighted by molar-refractivity contribution is 5.79. The van der Waals surface area contributed by atoms with E-state index in [1.165, 1.54) is 11.1 Å². The molecule has 0 aliphatic carbocycles. The first kappa shape index (κ1) is 11.9. The summed E-state index contributed by atoms with van der Waals surface area (Å²) in [6.45, 7) is 3.44. The summed E-state index contributed by atoms with van der Waals surface area (Å²) in [6.07, 6.45) is 0.935. The molecule has 0 bridgehead atoms. The number of hydrogen-bond donors (Lipinski definition) is 1. The van der Waals surface area contributed by atoms with E-state index in [-0.39, 0.29) is 11.9 Å². The van der Waals surface area contributed by atoms with Crippen LogP contribution in [0.5, 0.6) is 5.75 Å². The third-order valence-corrected chi connectivity index (χ3v) is 3.44. The second kappa shape index (κ2) is 4.75. The Hall–Kier alpha value is -1.55. The van der Waals surface area contributed by atoms with Gasteiger partial charge in [0.25, 0.3) is 0 Å². The van der Waals surface area contributed by atoms with Crippen LogP contribution in [0.15, 0.2) is 18.2 Å². The standard InChI is InChI=1S/C13H18N2O2/c1-9(13(14)16)15-7-6-10-4-3-5-12(17-2)11(10)8-15/h3-5,9H,6-8H2,1-2H3,(H2,14,16). The van der Waals surface area contributed by atoms with Gasteiger partial charge in [-0.05, 0) is 25.0 Å². The molecule has 0 saturated carbocycles. The fourth-order valence-electron chi connectivity index (χ4n) is 2.27. The zero-order valence-corrected chi connectivity index (χ0v) is 10.3. The maximum absolute atomic E-state index is 11.2. The molecule has 0 aromatic heterocycles. The van der Waals surface area contributed by atoms with E-state index in [1.54, 1.807) is 7.11 Å². The molecule has 2 N–H and O–H groups in total. The van der Waals surface area contributed by atoms with Gasteiger partial charge in [0.1, 0.15) is 5.75 Å². The number of hydrogen-bond acceptors (Lipinski definition) is 3. The molecule has 1 atom stereocenters. The molecule has 0 saturated heterocycles. The van der Waals surface area contributed by atoms with Gasteiger partial charge in [0.05, 0.1) is 13.2 Å². The molecule has 4 heteroatoms. The lowest BCUT2D eigenvalue weighted by Gasteiger charge is -2.32. The third-order valence-electron chi connectivity index (χ3n) is 3.44. The van der Waals surface area contributed by atoms with Gasteiger partial charge in [-0.25, -0.2) is 0 Å². The monoisotopic (exact) mass is 234 g/mol. The van der Waals surface area contributed by atoms with Crippen LogP contribution in [-0.2, 0) is 17.8 Å². The largest absolute Gasteiger partial charge is 0.496 e. The summed E-state index contributed by atoms with van der Waals surface area (Å²) in [7, 11) is 1.67. The molecule has 1 unspecified atom stereocenters. The van der Waals surface area contributed by atoms with Crippen molar-refractivity contribution in [3.8, 4) is 5.75 Å². The second-order valence-electron chi connectivity index (χ2n) is 4.40. The highest BCUT2D eigenvalue weighted by Gasteiger charge is 2.25. The lowest BCUT2D eigenvalue weighted by Crippen LogP contribution is -2.45. The van der Waals surface area contributed by atoms with E-state index in [0.717, 1.165) is 25.3 Å². The molecular formula is C13H18N2O2. The second-order valence-corrected chi connectivity index (χ2v) is 4.40. The molecule has 1 aromatic carbocycles. The summed E-state index contributed by atoms with van der Waals surface area (Å²) in [5, 5.41) is 0. The van der Waals surface area contributed by atoms with Crippen LogP contribution < -0.4 is 10.5 Å². The number of amides is 1. The summed E-state index contributed by atoms with van der Waals surface area (Å²) < 4.78 is 5.36. The molecule has 0 spiro atoms. The van der Waals surface area contributed by atoms with Gasteiger partial charge in [0, 0.05) is 18.7 Å². The van der Waals surface area contributed by atoms with Gasteiger partial charge in [-0.15, -0.1) is 0 Å². The average molecular weight is 234 g/mol. The first-order valence-electron chi connectivity index (χ1n) is 5.81. The van der Waals surface area contributed by atoms with Gasteiger partial charge in [0.2, 0.25) is 5.91 Å². The number of methoxy groups -OCH3 is 1. The number of ether oxygens (including phenoxy) is 1. The van der Waals surface area contributed by atoms with Crippen LogP contribution >= 0.6 is 0 Å². The van der Waals surface area contributed by atoms with E-state index in [9.17, 15) is 4.79 Å². The molecule has 1 amide bonds. The van der Waals surface area contributed by atoms with Crippen molar-refractivity contribution < 1.29 is 9.53 Å². The Balaban J connectivity index is 2.25. The maximum atomic E-state index is 11.2. The van der Waals surface area contributed by atoms with E-state index >= 15 is 0 Å². The number of fused-ring (bicyclic) bond motifs is 1. The van der Waals surface area contributed by atoms with Crippen molar-refractivity contribution in [2.45, 2.75) is 25.9 Å². The van der Waals surface area contributed by atoms with E-state index in [2.05, 4.69) is 11.0 Å². The Kier molecular flexibility index (Phi) is 3.33. The van der Waals surface area contributed by atoms with Crippen molar-refractivity contribution in [2.24, 2.45) is 5.73 Å². The summed E-state index contributed by atoms with van der Waals surface area (Å²) in [5.74, 6) is 0.618. The molecular weight excluding hydrogens is 216 g/mol. The zero-order chi connectivity index (χ0) is 12.4.